The monoisotopic (exact) mass is 377 g/mol. The van der Waals surface area contributed by atoms with Crippen molar-refractivity contribution in [3.63, 3.8) is 0 Å². The first-order chi connectivity index (χ1) is 12.5. The smallest absolute Gasteiger partial charge is 0.408 e. The minimum absolute atomic E-state index is 0.120. The molecular formula is C20H31N3O4. The van der Waals surface area contributed by atoms with Crippen LogP contribution in [0.5, 0.6) is 0 Å². The molecule has 3 amide bonds. The van der Waals surface area contributed by atoms with E-state index in [1.165, 1.54) is 0 Å². The average Bonchev–Trinajstić information content (AvgIpc) is 2.57. The van der Waals surface area contributed by atoms with Crippen molar-refractivity contribution in [2.24, 2.45) is 11.7 Å². The molecule has 4 N–H and O–H groups in total. The molecule has 0 saturated carbocycles. The molecule has 0 unspecified atom stereocenters. The van der Waals surface area contributed by atoms with E-state index in [-0.39, 0.29) is 12.3 Å². The van der Waals surface area contributed by atoms with Gasteiger partial charge in [-0.3, -0.25) is 9.59 Å². The zero-order valence-corrected chi connectivity index (χ0v) is 16.7. The normalized spacial score (nSPS) is 14.6. The first-order valence-electron chi connectivity index (χ1n) is 9.16. The molecule has 0 aromatic heterocycles. The van der Waals surface area contributed by atoms with Crippen LogP contribution in [0.4, 0.5) is 4.79 Å². The lowest BCUT2D eigenvalue weighted by Gasteiger charge is -2.26. The van der Waals surface area contributed by atoms with Gasteiger partial charge in [0.2, 0.25) is 11.8 Å². The van der Waals surface area contributed by atoms with E-state index in [2.05, 4.69) is 10.6 Å². The van der Waals surface area contributed by atoms with Gasteiger partial charge in [-0.15, -0.1) is 0 Å². The summed E-state index contributed by atoms with van der Waals surface area (Å²) < 4.78 is 5.26. The molecule has 7 heteroatoms. The Kier molecular flexibility index (Phi) is 8.28. The van der Waals surface area contributed by atoms with Crippen LogP contribution in [-0.2, 0) is 20.7 Å². The molecule has 0 radical (unpaired) electrons. The minimum atomic E-state index is -0.895. The Morgan fingerprint density at radius 1 is 1.11 bits per heavy atom. The van der Waals surface area contributed by atoms with Gasteiger partial charge < -0.3 is 21.1 Å². The number of carbonyl (C=O) groups excluding carboxylic acids is 3. The van der Waals surface area contributed by atoms with Crippen LogP contribution in [0.2, 0.25) is 0 Å². The first kappa shape index (κ1) is 22.5. The van der Waals surface area contributed by atoms with Gasteiger partial charge in [-0.05, 0) is 32.3 Å². The largest absolute Gasteiger partial charge is 0.444 e. The molecule has 0 fully saturated rings. The van der Waals surface area contributed by atoms with Gasteiger partial charge in [0.15, 0.2) is 0 Å². The highest BCUT2D eigenvalue weighted by molar-refractivity contribution is 5.91. The standard InChI is InChI=1S/C20H31N3O4/c1-6-13(2)16(17(21)24)23-18(25)15(12-14-10-8-7-9-11-14)22-19(26)27-20(3,4)5/h7-11,13,15-16H,6,12H2,1-5H3,(H2,21,24)(H,22,26)(H,23,25)/t13-,15-,16-/m0/s1. The summed E-state index contributed by atoms with van der Waals surface area (Å²) in [6, 6.07) is 7.58. The number of nitrogens with two attached hydrogens (primary N) is 1. The van der Waals surface area contributed by atoms with Gasteiger partial charge >= 0.3 is 6.09 Å². The zero-order valence-electron chi connectivity index (χ0n) is 16.7. The molecule has 150 valence electrons. The van der Waals surface area contributed by atoms with Crippen molar-refractivity contribution < 1.29 is 19.1 Å². The van der Waals surface area contributed by atoms with Crippen LogP contribution in [0.15, 0.2) is 30.3 Å². The molecular weight excluding hydrogens is 346 g/mol. The summed E-state index contributed by atoms with van der Waals surface area (Å²) >= 11 is 0. The van der Waals surface area contributed by atoms with E-state index in [0.29, 0.717) is 6.42 Å². The molecule has 27 heavy (non-hydrogen) atoms. The van der Waals surface area contributed by atoms with Crippen LogP contribution in [0.3, 0.4) is 0 Å². The molecule has 0 saturated heterocycles. The van der Waals surface area contributed by atoms with Gasteiger partial charge in [-0.2, -0.15) is 0 Å². The molecule has 0 spiro atoms. The summed E-state index contributed by atoms with van der Waals surface area (Å²) in [4.78, 5) is 36.7. The molecule has 0 heterocycles. The Hall–Kier alpha value is -2.57. The molecule has 0 aliphatic carbocycles. The number of benzene rings is 1. The second-order valence-electron chi connectivity index (χ2n) is 7.66. The van der Waals surface area contributed by atoms with Gasteiger partial charge in [0.1, 0.15) is 17.7 Å². The Labute approximate surface area is 161 Å². The second kappa shape index (κ2) is 9.94. The van der Waals surface area contributed by atoms with Crippen LogP contribution >= 0.6 is 0 Å². The maximum atomic E-state index is 12.8. The molecule has 0 aliphatic heterocycles. The third-order valence-electron chi connectivity index (χ3n) is 4.11. The number of amides is 3. The highest BCUT2D eigenvalue weighted by Gasteiger charge is 2.29. The van der Waals surface area contributed by atoms with E-state index in [9.17, 15) is 14.4 Å². The quantitative estimate of drug-likeness (QED) is 0.644. The number of hydrogen-bond acceptors (Lipinski definition) is 4. The summed E-state index contributed by atoms with van der Waals surface area (Å²) in [5.41, 5.74) is 5.61. The number of alkyl carbamates (subject to hydrolysis) is 1. The average molecular weight is 377 g/mol. The predicted octanol–water partition coefficient (Wildman–Crippen LogP) is 2.14. The maximum Gasteiger partial charge on any atom is 0.408 e. The topological polar surface area (TPSA) is 111 Å². The van der Waals surface area contributed by atoms with Gasteiger partial charge in [0, 0.05) is 6.42 Å². The Morgan fingerprint density at radius 2 is 1.70 bits per heavy atom. The van der Waals surface area contributed by atoms with E-state index >= 15 is 0 Å². The van der Waals surface area contributed by atoms with Crippen LogP contribution in [0.25, 0.3) is 0 Å². The number of primary amides is 1. The van der Waals surface area contributed by atoms with Crippen molar-refractivity contribution in [1.29, 1.82) is 0 Å². The van der Waals surface area contributed by atoms with E-state index in [1.54, 1.807) is 20.8 Å². The lowest BCUT2D eigenvalue weighted by molar-refractivity contribution is -0.129. The maximum absolute atomic E-state index is 12.8. The summed E-state index contributed by atoms with van der Waals surface area (Å²) in [6.07, 6.45) is 0.243. The van der Waals surface area contributed by atoms with Gasteiger partial charge in [0.25, 0.3) is 0 Å². The number of carbonyl (C=O) groups is 3. The van der Waals surface area contributed by atoms with Crippen molar-refractivity contribution in [1.82, 2.24) is 10.6 Å². The first-order valence-corrected chi connectivity index (χ1v) is 9.16. The van der Waals surface area contributed by atoms with Crippen molar-refractivity contribution in [2.45, 2.75) is 65.1 Å². The van der Waals surface area contributed by atoms with Crippen molar-refractivity contribution in [2.75, 3.05) is 0 Å². The Balaban J connectivity index is 2.95. The Bertz CT molecular complexity index is 640. The third kappa shape index (κ3) is 8.11. The summed E-state index contributed by atoms with van der Waals surface area (Å²) in [5, 5.41) is 5.27. The fraction of sp³-hybridized carbons (Fsp3) is 0.550. The molecule has 0 aliphatic rings. The van der Waals surface area contributed by atoms with Crippen LogP contribution in [0.1, 0.15) is 46.6 Å². The number of nitrogens with one attached hydrogen (secondary N) is 2. The molecule has 1 aromatic rings. The molecule has 0 bridgehead atoms. The number of rotatable bonds is 8. The number of ether oxygens (including phenoxy) is 1. The SMILES string of the molecule is CC[C@H](C)[C@H](NC(=O)[C@H](Cc1ccccc1)NC(=O)OC(C)(C)C)C(N)=O. The molecule has 1 aromatic carbocycles. The van der Waals surface area contributed by atoms with Crippen LogP contribution in [-0.4, -0.2) is 35.6 Å². The molecule has 3 atom stereocenters. The lowest BCUT2D eigenvalue weighted by atomic mass is 9.97. The molecule has 1 rings (SSSR count). The van der Waals surface area contributed by atoms with E-state index in [4.69, 9.17) is 10.5 Å². The highest BCUT2D eigenvalue weighted by Crippen LogP contribution is 2.11. The second-order valence-corrected chi connectivity index (χ2v) is 7.66. The lowest BCUT2D eigenvalue weighted by Crippen LogP contribution is -2.56. The number of hydrogen-bond donors (Lipinski definition) is 3. The van der Waals surface area contributed by atoms with Crippen molar-refractivity contribution >= 4 is 17.9 Å². The summed E-state index contributed by atoms with van der Waals surface area (Å²) in [5.74, 6) is -1.20. The van der Waals surface area contributed by atoms with Gasteiger partial charge in [-0.25, -0.2) is 4.79 Å². The van der Waals surface area contributed by atoms with E-state index < -0.39 is 35.6 Å². The summed E-state index contributed by atoms with van der Waals surface area (Å²) in [7, 11) is 0. The van der Waals surface area contributed by atoms with Crippen molar-refractivity contribution in [3.05, 3.63) is 35.9 Å². The zero-order chi connectivity index (χ0) is 20.6. The van der Waals surface area contributed by atoms with Crippen LogP contribution < -0.4 is 16.4 Å². The van der Waals surface area contributed by atoms with Crippen LogP contribution in [0, 0.1) is 5.92 Å². The molecule has 7 nitrogen and oxygen atoms in total. The summed E-state index contributed by atoms with van der Waals surface area (Å²) in [6.45, 7) is 8.97. The van der Waals surface area contributed by atoms with E-state index in [1.807, 2.05) is 44.2 Å². The fourth-order valence-corrected chi connectivity index (χ4v) is 2.49. The van der Waals surface area contributed by atoms with Gasteiger partial charge in [0.05, 0.1) is 0 Å². The predicted molar refractivity (Wildman–Crippen MR) is 104 cm³/mol. The fourth-order valence-electron chi connectivity index (χ4n) is 2.49. The Morgan fingerprint density at radius 3 is 2.19 bits per heavy atom. The van der Waals surface area contributed by atoms with E-state index in [0.717, 1.165) is 5.56 Å². The third-order valence-corrected chi connectivity index (χ3v) is 4.11. The highest BCUT2D eigenvalue weighted by atomic mass is 16.6. The van der Waals surface area contributed by atoms with Gasteiger partial charge in [-0.1, -0.05) is 50.6 Å². The minimum Gasteiger partial charge on any atom is -0.444 e. The van der Waals surface area contributed by atoms with Crippen molar-refractivity contribution in [3.8, 4) is 0 Å².